The zero-order valence-electron chi connectivity index (χ0n) is 11.0. The van der Waals surface area contributed by atoms with E-state index in [1.165, 1.54) is 24.8 Å². The monoisotopic (exact) mass is 279 g/mol. The van der Waals surface area contributed by atoms with Gasteiger partial charge in [0.1, 0.15) is 0 Å². The van der Waals surface area contributed by atoms with Crippen LogP contribution in [0.4, 0.5) is 10.7 Å². The van der Waals surface area contributed by atoms with Crippen molar-refractivity contribution in [3.63, 3.8) is 0 Å². The summed E-state index contributed by atoms with van der Waals surface area (Å²) in [6.45, 7) is 2.18. The molecule has 1 aromatic heterocycles. The highest BCUT2D eigenvalue weighted by Gasteiger charge is 2.07. The Hall–Kier alpha value is -1.69. The van der Waals surface area contributed by atoms with Crippen molar-refractivity contribution in [2.24, 2.45) is 0 Å². The van der Waals surface area contributed by atoms with Crippen molar-refractivity contribution in [3.05, 3.63) is 18.2 Å². The molecule has 2 rings (SSSR count). The number of amides is 1. The van der Waals surface area contributed by atoms with E-state index in [9.17, 15) is 4.79 Å². The van der Waals surface area contributed by atoms with E-state index in [4.69, 9.17) is 0 Å². The molecule has 0 radical (unpaired) electrons. The number of hydrogen-bond acceptors (Lipinski definition) is 4. The average Bonchev–Trinajstić information content (AvgIpc) is 2.80. The summed E-state index contributed by atoms with van der Waals surface area (Å²) in [6.07, 6.45) is 1.88. The Balaban J connectivity index is 2.11. The normalized spacial score (nSPS) is 10.6. The molecule has 0 fully saturated rings. The molecule has 1 heterocycles. The maximum Gasteiger partial charge on any atom is 0.413 e. The summed E-state index contributed by atoms with van der Waals surface area (Å²) in [5.41, 5.74) is 1.74. The van der Waals surface area contributed by atoms with E-state index in [0.717, 1.165) is 16.8 Å². The molecule has 5 nitrogen and oxygen atoms in total. The van der Waals surface area contributed by atoms with Gasteiger partial charge in [-0.15, -0.1) is 11.8 Å². The van der Waals surface area contributed by atoms with Gasteiger partial charge in [-0.05, 0) is 30.4 Å². The second-order valence-electron chi connectivity index (χ2n) is 4.08. The Kier molecular flexibility index (Phi) is 4.68. The Bertz CT molecular complexity index is 568. The predicted octanol–water partition coefficient (Wildman–Crippen LogP) is 3.63. The minimum atomic E-state index is -0.531. The molecule has 0 atom stereocenters. The van der Waals surface area contributed by atoms with Crippen molar-refractivity contribution in [2.45, 2.75) is 24.7 Å². The summed E-state index contributed by atoms with van der Waals surface area (Å²) >= 11 is 1.83. The molecule has 0 spiro atoms. The third-order valence-corrected chi connectivity index (χ3v) is 3.71. The summed E-state index contributed by atoms with van der Waals surface area (Å²) in [4.78, 5) is 19.6. The smallest absolute Gasteiger partial charge is 0.413 e. The molecule has 0 unspecified atom stereocenters. The summed E-state index contributed by atoms with van der Waals surface area (Å²) in [5.74, 6) is 1.52. The summed E-state index contributed by atoms with van der Waals surface area (Å²) in [6, 6.07) is 6.04. The number of aromatic amines is 1. The van der Waals surface area contributed by atoms with Gasteiger partial charge in [0, 0.05) is 4.90 Å². The second kappa shape index (κ2) is 6.47. The first-order chi connectivity index (χ1) is 9.22. The van der Waals surface area contributed by atoms with Gasteiger partial charge in [-0.3, -0.25) is 5.32 Å². The standard InChI is InChI=1S/C13H17N3O2S/c1-3-4-7-19-9-5-6-10-11(8-9)15-12(14-10)16-13(17)18-2/h5-6,8H,3-4,7H2,1-2H3,(H2,14,15,16,17). The van der Waals surface area contributed by atoms with Crippen molar-refractivity contribution in [3.8, 4) is 0 Å². The van der Waals surface area contributed by atoms with Crippen LogP contribution in [0.3, 0.4) is 0 Å². The maximum atomic E-state index is 11.1. The third kappa shape index (κ3) is 3.64. The maximum absolute atomic E-state index is 11.1. The summed E-state index contributed by atoms with van der Waals surface area (Å²) in [7, 11) is 1.32. The van der Waals surface area contributed by atoms with E-state index in [0.29, 0.717) is 5.95 Å². The Morgan fingerprint density at radius 3 is 3.11 bits per heavy atom. The van der Waals surface area contributed by atoms with Gasteiger partial charge >= 0.3 is 6.09 Å². The fraction of sp³-hybridized carbons (Fsp3) is 0.385. The van der Waals surface area contributed by atoms with Gasteiger partial charge in [0.2, 0.25) is 5.95 Å². The van der Waals surface area contributed by atoms with Crippen molar-refractivity contribution < 1.29 is 9.53 Å². The molecule has 0 aliphatic carbocycles. The van der Waals surface area contributed by atoms with Gasteiger partial charge in [0.25, 0.3) is 0 Å². The Labute approximate surface area is 116 Å². The second-order valence-corrected chi connectivity index (χ2v) is 5.25. The van der Waals surface area contributed by atoms with Crippen LogP contribution in [-0.4, -0.2) is 28.9 Å². The molecule has 0 aliphatic heterocycles. The van der Waals surface area contributed by atoms with E-state index in [2.05, 4.69) is 26.9 Å². The lowest BCUT2D eigenvalue weighted by Crippen LogP contribution is -2.11. The number of rotatable bonds is 5. The molecule has 102 valence electrons. The zero-order valence-corrected chi connectivity index (χ0v) is 11.8. The van der Waals surface area contributed by atoms with Gasteiger partial charge in [-0.25, -0.2) is 9.78 Å². The van der Waals surface area contributed by atoms with Gasteiger partial charge in [0.05, 0.1) is 18.1 Å². The highest BCUT2D eigenvalue weighted by Crippen LogP contribution is 2.24. The SMILES string of the molecule is CCCCSc1ccc2nc(NC(=O)OC)[nH]c2c1. The largest absolute Gasteiger partial charge is 0.453 e. The van der Waals surface area contributed by atoms with Gasteiger partial charge in [0.15, 0.2) is 0 Å². The first-order valence-electron chi connectivity index (χ1n) is 6.20. The number of nitrogens with one attached hydrogen (secondary N) is 2. The number of unbranched alkanes of at least 4 members (excludes halogenated alkanes) is 1. The van der Waals surface area contributed by atoms with Crippen LogP contribution in [0.5, 0.6) is 0 Å². The summed E-state index contributed by atoms with van der Waals surface area (Å²) < 4.78 is 4.53. The lowest BCUT2D eigenvalue weighted by molar-refractivity contribution is 0.186. The number of methoxy groups -OCH3 is 1. The quantitative estimate of drug-likeness (QED) is 0.648. The average molecular weight is 279 g/mol. The van der Waals surface area contributed by atoms with Gasteiger partial charge in [-0.2, -0.15) is 0 Å². The van der Waals surface area contributed by atoms with Crippen molar-refractivity contribution in [1.29, 1.82) is 0 Å². The number of ether oxygens (including phenoxy) is 1. The topological polar surface area (TPSA) is 67.0 Å². The number of fused-ring (bicyclic) bond motifs is 1. The fourth-order valence-corrected chi connectivity index (χ4v) is 2.65. The van der Waals surface area contributed by atoms with E-state index in [1.54, 1.807) is 0 Å². The van der Waals surface area contributed by atoms with Crippen LogP contribution in [0.2, 0.25) is 0 Å². The number of benzene rings is 1. The lowest BCUT2D eigenvalue weighted by atomic mass is 10.3. The molecule has 19 heavy (non-hydrogen) atoms. The van der Waals surface area contributed by atoms with Crippen LogP contribution >= 0.6 is 11.8 Å². The van der Waals surface area contributed by atoms with Crippen LogP contribution in [0.1, 0.15) is 19.8 Å². The number of imidazole rings is 1. The number of thioether (sulfide) groups is 1. The fourth-order valence-electron chi connectivity index (χ4n) is 1.62. The van der Waals surface area contributed by atoms with Gasteiger partial charge in [-0.1, -0.05) is 13.3 Å². The number of carbonyl (C=O) groups excluding carboxylic acids is 1. The van der Waals surface area contributed by atoms with E-state index < -0.39 is 6.09 Å². The molecule has 0 bridgehead atoms. The molecular weight excluding hydrogens is 262 g/mol. The zero-order chi connectivity index (χ0) is 13.7. The summed E-state index contributed by atoms with van der Waals surface area (Å²) in [5, 5.41) is 2.52. The van der Waals surface area contributed by atoms with Crippen molar-refractivity contribution in [2.75, 3.05) is 18.2 Å². The van der Waals surface area contributed by atoms with Crippen LogP contribution in [0, 0.1) is 0 Å². The van der Waals surface area contributed by atoms with Crippen LogP contribution in [0.25, 0.3) is 11.0 Å². The number of hydrogen-bond donors (Lipinski definition) is 2. The van der Waals surface area contributed by atoms with Gasteiger partial charge < -0.3 is 9.72 Å². The third-order valence-electron chi connectivity index (χ3n) is 2.63. The highest BCUT2D eigenvalue weighted by molar-refractivity contribution is 7.99. The molecule has 0 saturated heterocycles. The predicted molar refractivity (Wildman–Crippen MR) is 77.8 cm³/mol. The Morgan fingerprint density at radius 1 is 1.53 bits per heavy atom. The molecular formula is C13H17N3O2S. The van der Waals surface area contributed by atoms with Crippen molar-refractivity contribution >= 4 is 34.8 Å². The molecule has 1 aromatic carbocycles. The molecule has 6 heteroatoms. The number of aromatic nitrogens is 2. The number of H-pyrrole nitrogens is 1. The molecule has 2 aromatic rings. The van der Waals surface area contributed by atoms with E-state index in [-0.39, 0.29) is 0 Å². The number of nitrogens with zero attached hydrogens (tertiary/aromatic N) is 1. The lowest BCUT2D eigenvalue weighted by Gasteiger charge is -1.99. The minimum absolute atomic E-state index is 0.401. The number of carbonyl (C=O) groups is 1. The molecule has 0 saturated carbocycles. The highest BCUT2D eigenvalue weighted by atomic mass is 32.2. The molecule has 1 amide bonds. The van der Waals surface area contributed by atoms with E-state index >= 15 is 0 Å². The first-order valence-corrected chi connectivity index (χ1v) is 7.19. The van der Waals surface area contributed by atoms with Crippen LogP contribution in [-0.2, 0) is 4.74 Å². The van der Waals surface area contributed by atoms with Crippen LogP contribution < -0.4 is 5.32 Å². The van der Waals surface area contributed by atoms with Crippen molar-refractivity contribution in [1.82, 2.24) is 9.97 Å². The molecule has 2 N–H and O–H groups in total. The first kappa shape index (κ1) is 13.7. The molecule has 0 aliphatic rings. The number of anilines is 1. The van der Waals surface area contributed by atoms with Crippen LogP contribution in [0.15, 0.2) is 23.1 Å². The Morgan fingerprint density at radius 2 is 2.37 bits per heavy atom. The van der Waals surface area contributed by atoms with E-state index in [1.807, 2.05) is 30.0 Å². The minimum Gasteiger partial charge on any atom is -0.453 e.